The molecule has 6 nitrogen and oxygen atoms in total. The first-order valence-corrected chi connectivity index (χ1v) is 9.69. The summed E-state index contributed by atoms with van der Waals surface area (Å²) in [5.74, 6) is 0.420. The van der Waals surface area contributed by atoms with Gasteiger partial charge in [0, 0.05) is 24.2 Å². The van der Waals surface area contributed by atoms with E-state index < -0.39 is 0 Å². The third-order valence-corrected chi connectivity index (χ3v) is 5.00. The number of ether oxygens (including phenoxy) is 1. The topological polar surface area (TPSA) is 71.5 Å². The van der Waals surface area contributed by atoms with Crippen molar-refractivity contribution < 1.29 is 14.3 Å². The van der Waals surface area contributed by atoms with Gasteiger partial charge < -0.3 is 15.0 Å². The summed E-state index contributed by atoms with van der Waals surface area (Å²) in [5.41, 5.74) is 1.23. The van der Waals surface area contributed by atoms with Gasteiger partial charge in [-0.25, -0.2) is 0 Å². The van der Waals surface area contributed by atoms with Gasteiger partial charge in [-0.3, -0.25) is 14.6 Å². The first-order valence-electron chi connectivity index (χ1n) is 9.69. The zero-order chi connectivity index (χ0) is 19.2. The van der Waals surface area contributed by atoms with Crippen LogP contribution in [0.2, 0.25) is 0 Å². The van der Waals surface area contributed by atoms with Crippen molar-refractivity contribution in [1.82, 2.24) is 15.2 Å². The molecule has 27 heavy (non-hydrogen) atoms. The first kappa shape index (κ1) is 19.1. The number of hydrogen-bond donors (Lipinski definition) is 1. The van der Waals surface area contributed by atoms with Crippen LogP contribution in [0.3, 0.4) is 0 Å². The fraction of sp³-hybridized carbons (Fsp3) is 0.476. The molecule has 2 amide bonds. The monoisotopic (exact) mass is 369 g/mol. The molecule has 2 heterocycles. The van der Waals surface area contributed by atoms with Gasteiger partial charge in [0.1, 0.15) is 5.75 Å². The second-order valence-corrected chi connectivity index (χ2v) is 7.00. The molecule has 1 atom stereocenters. The molecule has 0 aliphatic carbocycles. The Balaban J connectivity index is 1.71. The Bertz CT molecular complexity index is 821. The first-order chi connectivity index (χ1) is 13.1. The highest BCUT2D eigenvalue weighted by Gasteiger charge is 2.25. The summed E-state index contributed by atoms with van der Waals surface area (Å²) in [6.45, 7) is 5.59. The molecule has 1 aromatic heterocycles. The highest BCUT2D eigenvalue weighted by atomic mass is 16.5. The van der Waals surface area contributed by atoms with Crippen LogP contribution in [-0.4, -0.2) is 47.4 Å². The van der Waals surface area contributed by atoms with Crippen molar-refractivity contribution in [3.8, 4) is 5.75 Å². The van der Waals surface area contributed by atoms with E-state index in [9.17, 15) is 9.59 Å². The third-order valence-electron chi connectivity index (χ3n) is 5.00. The van der Waals surface area contributed by atoms with Crippen molar-refractivity contribution in [2.75, 3.05) is 19.7 Å². The minimum Gasteiger partial charge on any atom is -0.494 e. The molecule has 1 unspecified atom stereocenters. The number of amides is 2. The Labute approximate surface area is 159 Å². The number of benzene rings is 1. The molecule has 144 valence electrons. The number of rotatable bonds is 7. The van der Waals surface area contributed by atoms with E-state index in [1.165, 1.54) is 0 Å². The summed E-state index contributed by atoms with van der Waals surface area (Å²) in [4.78, 5) is 31.2. The van der Waals surface area contributed by atoms with Crippen molar-refractivity contribution in [2.45, 2.75) is 45.6 Å². The SMILES string of the molecule is CCCCOc1ccc2nccc(C(=O)NCC(=O)N3CCCC3C)c2c1. The van der Waals surface area contributed by atoms with E-state index in [-0.39, 0.29) is 24.4 Å². The number of nitrogens with one attached hydrogen (secondary N) is 1. The number of aromatic nitrogens is 1. The van der Waals surface area contributed by atoms with Crippen molar-refractivity contribution >= 4 is 22.7 Å². The molecular weight excluding hydrogens is 342 g/mol. The maximum absolute atomic E-state index is 12.7. The van der Waals surface area contributed by atoms with Gasteiger partial charge in [0.05, 0.1) is 24.2 Å². The van der Waals surface area contributed by atoms with E-state index in [0.717, 1.165) is 48.9 Å². The Hall–Kier alpha value is -2.63. The molecule has 1 saturated heterocycles. The van der Waals surface area contributed by atoms with Crippen molar-refractivity contribution in [1.29, 1.82) is 0 Å². The smallest absolute Gasteiger partial charge is 0.252 e. The number of fused-ring (bicyclic) bond motifs is 1. The fourth-order valence-electron chi connectivity index (χ4n) is 3.40. The average molecular weight is 369 g/mol. The lowest BCUT2D eigenvalue weighted by Gasteiger charge is -2.21. The van der Waals surface area contributed by atoms with Gasteiger partial charge in [-0.2, -0.15) is 0 Å². The van der Waals surface area contributed by atoms with Gasteiger partial charge >= 0.3 is 0 Å². The van der Waals surface area contributed by atoms with Gasteiger partial charge in [0.15, 0.2) is 0 Å². The standard InChI is InChI=1S/C21H27N3O3/c1-3-4-12-27-16-7-8-19-18(13-16)17(9-10-22-19)21(26)23-14-20(25)24-11-5-6-15(24)2/h7-10,13,15H,3-6,11-12,14H2,1-2H3,(H,23,26). The van der Waals surface area contributed by atoms with E-state index in [4.69, 9.17) is 4.74 Å². The largest absolute Gasteiger partial charge is 0.494 e. The Morgan fingerprint density at radius 3 is 2.93 bits per heavy atom. The molecule has 0 bridgehead atoms. The quantitative estimate of drug-likeness (QED) is 0.761. The molecule has 1 fully saturated rings. The van der Waals surface area contributed by atoms with Gasteiger partial charge in [-0.15, -0.1) is 0 Å². The van der Waals surface area contributed by atoms with Crippen LogP contribution >= 0.6 is 0 Å². The predicted octanol–water partition coefficient (Wildman–Crippen LogP) is 3.15. The van der Waals surface area contributed by atoms with Crippen LogP contribution in [0, 0.1) is 0 Å². The number of carbonyl (C=O) groups excluding carboxylic acids is 2. The summed E-state index contributed by atoms with van der Waals surface area (Å²) >= 11 is 0. The van der Waals surface area contributed by atoms with Crippen molar-refractivity contribution in [3.63, 3.8) is 0 Å². The number of carbonyl (C=O) groups is 2. The van der Waals surface area contributed by atoms with E-state index >= 15 is 0 Å². The molecule has 0 radical (unpaired) electrons. The molecule has 1 aliphatic rings. The lowest BCUT2D eigenvalue weighted by Crippen LogP contribution is -2.41. The summed E-state index contributed by atoms with van der Waals surface area (Å²) in [5, 5.41) is 3.49. The minimum absolute atomic E-state index is 0.0136. The third kappa shape index (κ3) is 4.56. The Kier molecular flexibility index (Phi) is 6.27. The summed E-state index contributed by atoms with van der Waals surface area (Å²) in [7, 11) is 0. The summed E-state index contributed by atoms with van der Waals surface area (Å²) in [6.07, 6.45) is 5.70. The highest BCUT2D eigenvalue weighted by Crippen LogP contribution is 2.23. The number of nitrogens with zero attached hydrogens (tertiary/aromatic N) is 2. The molecule has 6 heteroatoms. The lowest BCUT2D eigenvalue weighted by atomic mass is 10.1. The van der Waals surface area contributed by atoms with Gasteiger partial charge in [-0.1, -0.05) is 13.3 Å². The normalized spacial score (nSPS) is 16.5. The molecule has 0 spiro atoms. The van der Waals surface area contributed by atoms with Crippen LogP contribution in [0.15, 0.2) is 30.5 Å². The van der Waals surface area contributed by atoms with Crippen LogP contribution in [0.5, 0.6) is 5.75 Å². The van der Waals surface area contributed by atoms with E-state index in [1.807, 2.05) is 30.0 Å². The zero-order valence-electron chi connectivity index (χ0n) is 16.0. The van der Waals surface area contributed by atoms with Crippen LogP contribution < -0.4 is 10.1 Å². The maximum atomic E-state index is 12.7. The fourth-order valence-corrected chi connectivity index (χ4v) is 3.40. The van der Waals surface area contributed by atoms with E-state index in [1.54, 1.807) is 12.3 Å². The highest BCUT2D eigenvalue weighted by molar-refractivity contribution is 6.07. The molecule has 1 aliphatic heterocycles. The van der Waals surface area contributed by atoms with Crippen LogP contribution in [0.4, 0.5) is 0 Å². The lowest BCUT2D eigenvalue weighted by molar-refractivity contribution is -0.130. The molecular formula is C21H27N3O3. The van der Waals surface area contributed by atoms with Crippen LogP contribution in [0.25, 0.3) is 10.9 Å². The minimum atomic E-state index is -0.270. The molecule has 2 aromatic rings. The van der Waals surface area contributed by atoms with E-state index in [2.05, 4.69) is 17.2 Å². The number of pyridine rings is 1. The summed E-state index contributed by atoms with van der Waals surface area (Å²) < 4.78 is 5.75. The maximum Gasteiger partial charge on any atom is 0.252 e. The van der Waals surface area contributed by atoms with Gasteiger partial charge in [0.25, 0.3) is 5.91 Å². The van der Waals surface area contributed by atoms with Crippen molar-refractivity contribution in [3.05, 3.63) is 36.0 Å². The predicted molar refractivity (Wildman–Crippen MR) is 105 cm³/mol. The van der Waals surface area contributed by atoms with Crippen LogP contribution in [-0.2, 0) is 4.79 Å². The van der Waals surface area contributed by atoms with Gasteiger partial charge in [0.2, 0.25) is 5.91 Å². The van der Waals surface area contributed by atoms with E-state index in [0.29, 0.717) is 12.2 Å². The molecule has 1 aromatic carbocycles. The average Bonchev–Trinajstić information content (AvgIpc) is 3.11. The van der Waals surface area contributed by atoms with Gasteiger partial charge in [-0.05, 0) is 50.5 Å². The second kappa shape index (κ2) is 8.84. The Morgan fingerprint density at radius 1 is 1.33 bits per heavy atom. The molecule has 0 saturated carbocycles. The molecule has 3 rings (SSSR count). The zero-order valence-corrected chi connectivity index (χ0v) is 16.0. The molecule has 1 N–H and O–H groups in total. The second-order valence-electron chi connectivity index (χ2n) is 7.00. The Morgan fingerprint density at radius 2 is 2.19 bits per heavy atom. The van der Waals surface area contributed by atoms with Crippen LogP contribution in [0.1, 0.15) is 49.9 Å². The van der Waals surface area contributed by atoms with Crippen molar-refractivity contribution in [2.24, 2.45) is 0 Å². The number of likely N-dealkylation sites (tertiary alicyclic amines) is 1. The number of unbranched alkanes of at least 4 members (excludes halogenated alkanes) is 1. The summed E-state index contributed by atoms with van der Waals surface area (Å²) in [6, 6.07) is 7.49. The number of hydrogen-bond acceptors (Lipinski definition) is 4.